The zero-order chi connectivity index (χ0) is 14.0. The first-order valence-electron chi connectivity index (χ1n) is 6.45. The van der Waals surface area contributed by atoms with Crippen molar-refractivity contribution in [1.82, 2.24) is 5.32 Å². The van der Waals surface area contributed by atoms with E-state index in [9.17, 15) is 13.6 Å². The van der Waals surface area contributed by atoms with Crippen molar-refractivity contribution in [3.63, 3.8) is 0 Å². The molecule has 0 radical (unpaired) electrons. The summed E-state index contributed by atoms with van der Waals surface area (Å²) < 4.78 is 28.0. The van der Waals surface area contributed by atoms with Gasteiger partial charge >= 0.3 is 0 Å². The molecule has 1 aliphatic heterocycles. The number of halogens is 3. The third kappa shape index (κ3) is 2.58. The number of nitrogens with one attached hydrogen (secondary N) is 1. The van der Waals surface area contributed by atoms with E-state index >= 15 is 0 Å². The molecule has 0 aliphatic carbocycles. The zero-order valence-corrected chi connectivity index (χ0v) is 12.3. The average Bonchev–Trinajstić information content (AvgIpc) is 2.84. The molecule has 104 valence electrons. The van der Waals surface area contributed by atoms with Crippen LogP contribution >= 0.6 is 15.9 Å². The van der Waals surface area contributed by atoms with Crippen LogP contribution in [0.2, 0.25) is 0 Å². The van der Waals surface area contributed by atoms with Crippen molar-refractivity contribution >= 4 is 21.7 Å². The molecule has 1 aromatic carbocycles. The van der Waals surface area contributed by atoms with Crippen LogP contribution in [0.15, 0.2) is 16.6 Å². The molecule has 0 aromatic heterocycles. The second-order valence-corrected chi connectivity index (χ2v) is 5.76. The average molecular weight is 332 g/mol. The van der Waals surface area contributed by atoms with Gasteiger partial charge in [0.15, 0.2) is 11.6 Å². The van der Waals surface area contributed by atoms with Crippen LogP contribution in [-0.2, 0) is 0 Å². The lowest BCUT2D eigenvalue weighted by Crippen LogP contribution is -2.48. The van der Waals surface area contributed by atoms with Crippen molar-refractivity contribution in [2.45, 2.75) is 38.1 Å². The largest absolute Gasteiger partial charge is 0.305 e. The molecular formula is C14H16BrF2NO. The summed E-state index contributed by atoms with van der Waals surface area (Å²) in [6.45, 7) is 2.67. The monoisotopic (exact) mass is 331 g/mol. The van der Waals surface area contributed by atoms with Gasteiger partial charge in [-0.3, -0.25) is 4.79 Å². The van der Waals surface area contributed by atoms with E-state index in [0.29, 0.717) is 19.4 Å². The maximum atomic E-state index is 14.0. The van der Waals surface area contributed by atoms with Gasteiger partial charge in [-0.1, -0.05) is 13.3 Å². The molecule has 1 fully saturated rings. The fourth-order valence-corrected chi connectivity index (χ4v) is 3.06. The smallest absolute Gasteiger partial charge is 0.188 e. The molecule has 0 bridgehead atoms. The predicted molar refractivity (Wildman–Crippen MR) is 73.3 cm³/mol. The Hall–Kier alpha value is -0.810. The van der Waals surface area contributed by atoms with Crippen LogP contribution in [0.5, 0.6) is 0 Å². The Labute approximate surface area is 119 Å². The fourth-order valence-electron chi connectivity index (χ4n) is 2.73. The minimum Gasteiger partial charge on any atom is -0.305 e. The van der Waals surface area contributed by atoms with Gasteiger partial charge in [-0.05, 0) is 53.9 Å². The molecule has 0 saturated carbocycles. The Morgan fingerprint density at radius 2 is 2.21 bits per heavy atom. The van der Waals surface area contributed by atoms with E-state index in [1.807, 2.05) is 6.92 Å². The topological polar surface area (TPSA) is 29.1 Å². The summed E-state index contributed by atoms with van der Waals surface area (Å²) in [5, 5.41) is 3.15. The second kappa shape index (κ2) is 5.67. The molecule has 0 spiro atoms. The molecule has 1 atom stereocenters. The lowest BCUT2D eigenvalue weighted by Gasteiger charge is -2.28. The third-order valence-corrected chi connectivity index (χ3v) is 4.24. The summed E-state index contributed by atoms with van der Waals surface area (Å²) in [5.74, 6) is -2.08. The van der Waals surface area contributed by atoms with Crippen LogP contribution < -0.4 is 5.32 Å². The molecule has 2 rings (SSSR count). The molecule has 1 heterocycles. The highest BCUT2D eigenvalue weighted by atomic mass is 79.9. The van der Waals surface area contributed by atoms with Crippen molar-refractivity contribution in [1.29, 1.82) is 0 Å². The summed E-state index contributed by atoms with van der Waals surface area (Å²) in [5.41, 5.74) is -1.24. The van der Waals surface area contributed by atoms with Crippen molar-refractivity contribution in [3.8, 4) is 0 Å². The highest BCUT2D eigenvalue weighted by Crippen LogP contribution is 2.32. The molecule has 1 saturated heterocycles. The number of carbonyl (C=O) groups is 1. The van der Waals surface area contributed by atoms with Crippen molar-refractivity contribution in [2.75, 3.05) is 6.54 Å². The molecular weight excluding hydrogens is 316 g/mol. The van der Waals surface area contributed by atoms with E-state index in [-0.39, 0.29) is 4.47 Å². The van der Waals surface area contributed by atoms with E-state index in [1.54, 1.807) is 0 Å². The Morgan fingerprint density at radius 1 is 1.47 bits per heavy atom. The van der Waals surface area contributed by atoms with Gasteiger partial charge in [0.05, 0.1) is 15.6 Å². The van der Waals surface area contributed by atoms with E-state index in [2.05, 4.69) is 21.2 Å². The zero-order valence-electron chi connectivity index (χ0n) is 10.7. The molecule has 0 amide bonds. The molecule has 1 unspecified atom stereocenters. The molecule has 19 heavy (non-hydrogen) atoms. The van der Waals surface area contributed by atoms with E-state index in [0.717, 1.165) is 18.9 Å². The maximum Gasteiger partial charge on any atom is 0.188 e. The number of ketones is 1. The third-order valence-electron chi connectivity index (χ3n) is 3.63. The highest BCUT2D eigenvalue weighted by molar-refractivity contribution is 9.10. The highest BCUT2D eigenvalue weighted by Gasteiger charge is 2.42. The van der Waals surface area contributed by atoms with Gasteiger partial charge in [0.1, 0.15) is 5.82 Å². The van der Waals surface area contributed by atoms with Gasteiger partial charge in [-0.15, -0.1) is 0 Å². The number of rotatable bonds is 4. The van der Waals surface area contributed by atoms with Gasteiger partial charge in [0.2, 0.25) is 0 Å². The van der Waals surface area contributed by atoms with E-state index in [1.165, 1.54) is 6.07 Å². The van der Waals surface area contributed by atoms with Crippen LogP contribution in [-0.4, -0.2) is 17.9 Å². The quantitative estimate of drug-likeness (QED) is 0.671. The molecule has 1 aromatic rings. The first kappa shape index (κ1) is 14.6. The maximum absolute atomic E-state index is 14.0. The molecule has 5 heteroatoms. The Morgan fingerprint density at radius 3 is 2.79 bits per heavy atom. The van der Waals surface area contributed by atoms with E-state index in [4.69, 9.17) is 0 Å². The van der Waals surface area contributed by atoms with Gasteiger partial charge in [-0.25, -0.2) is 8.78 Å². The van der Waals surface area contributed by atoms with Gasteiger partial charge in [-0.2, -0.15) is 0 Å². The summed E-state index contributed by atoms with van der Waals surface area (Å²) in [6.07, 6.45) is 2.86. The SMILES string of the molecule is CCCC1(C(=O)c2c(F)ccc(Br)c2F)CCCN1. The summed E-state index contributed by atoms with van der Waals surface area (Å²) in [4.78, 5) is 12.6. The Bertz CT molecular complexity index is 498. The number of hydrogen-bond acceptors (Lipinski definition) is 2. The minimum absolute atomic E-state index is 0.113. The standard InChI is InChI=1S/C14H16BrF2NO/c1-2-6-14(7-3-8-18-14)13(19)11-10(16)5-4-9(15)12(11)17/h4-5,18H,2-3,6-8H2,1H3. The van der Waals surface area contributed by atoms with Crippen molar-refractivity contribution < 1.29 is 13.6 Å². The predicted octanol–water partition coefficient (Wildman–Crippen LogP) is 3.83. The number of Topliss-reactive ketones (excluding diaryl/α,β-unsaturated/α-hetero) is 1. The number of hydrogen-bond donors (Lipinski definition) is 1. The fraction of sp³-hybridized carbons (Fsp3) is 0.500. The van der Waals surface area contributed by atoms with Gasteiger partial charge in [0, 0.05) is 0 Å². The molecule has 2 nitrogen and oxygen atoms in total. The Kier molecular flexibility index (Phi) is 4.36. The first-order valence-corrected chi connectivity index (χ1v) is 7.24. The normalized spacial score (nSPS) is 22.7. The lowest BCUT2D eigenvalue weighted by molar-refractivity contribution is 0.0848. The molecule has 1 aliphatic rings. The van der Waals surface area contributed by atoms with Gasteiger partial charge in [0.25, 0.3) is 0 Å². The summed E-state index contributed by atoms with van der Waals surface area (Å²) in [7, 11) is 0. The van der Waals surface area contributed by atoms with Crippen molar-refractivity contribution in [3.05, 3.63) is 33.8 Å². The van der Waals surface area contributed by atoms with Crippen LogP contribution in [0.3, 0.4) is 0 Å². The Balaban J connectivity index is 2.46. The van der Waals surface area contributed by atoms with E-state index < -0.39 is 28.5 Å². The van der Waals surface area contributed by atoms with Crippen LogP contribution in [0.25, 0.3) is 0 Å². The second-order valence-electron chi connectivity index (χ2n) is 4.91. The van der Waals surface area contributed by atoms with Crippen molar-refractivity contribution in [2.24, 2.45) is 0 Å². The minimum atomic E-state index is -0.811. The number of carbonyl (C=O) groups excluding carboxylic acids is 1. The summed E-state index contributed by atoms with van der Waals surface area (Å²) in [6, 6.07) is 2.39. The number of benzene rings is 1. The van der Waals surface area contributed by atoms with Crippen LogP contribution in [0.4, 0.5) is 8.78 Å². The van der Waals surface area contributed by atoms with Crippen LogP contribution in [0.1, 0.15) is 43.0 Å². The van der Waals surface area contributed by atoms with Gasteiger partial charge < -0.3 is 5.32 Å². The first-order chi connectivity index (χ1) is 9.02. The lowest BCUT2D eigenvalue weighted by atomic mass is 9.83. The summed E-state index contributed by atoms with van der Waals surface area (Å²) >= 11 is 3.00. The molecule has 1 N–H and O–H groups in total. The van der Waals surface area contributed by atoms with Crippen LogP contribution in [0, 0.1) is 11.6 Å².